The summed E-state index contributed by atoms with van der Waals surface area (Å²) in [5.41, 5.74) is 2.64. The molecule has 0 aliphatic carbocycles. The van der Waals surface area contributed by atoms with Crippen LogP contribution in [0.3, 0.4) is 0 Å². The van der Waals surface area contributed by atoms with E-state index in [9.17, 15) is 0 Å². The maximum Gasteiger partial charge on any atom is 0.0368 e. The summed E-state index contributed by atoms with van der Waals surface area (Å²) >= 11 is 0. The Kier molecular flexibility index (Phi) is 3.35. The first-order valence-electron chi connectivity index (χ1n) is 4.94. The molecule has 0 fully saturated rings. The molecule has 1 aromatic rings. The van der Waals surface area contributed by atoms with Gasteiger partial charge in [0.05, 0.1) is 0 Å². The minimum absolute atomic E-state index is 0.613. The quantitative estimate of drug-likeness (QED) is 0.685. The van der Waals surface area contributed by atoms with Gasteiger partial charge in [0, 0.05) is 18.8 Å². The standard InChI is InChI=1S/C12H19N/c1-5-11(3)13(4)12-8-6-7-10(2)9-12/h6-9,11H,5H2,1-4H3. The molecule has 1 atom stereocenters. The molecule has 1 rings (SSSR count). The zero-order chi connectivity index (χ0) is 9.84. The van der Waals surface area contributed by atoms with Gasteiger partial charge in [-0.05, 0) is 38.0 Å². The van der Waals surface area contributed by atoms with Gasteiger partial charge in [-0.2, -0.15) is 0 Å². The van der Waals surface area contributed by atoms with Crippen molar-refractivity contribution in [1.82, 2.24) is 0 Å². The minimum atomic E-state index is 0.613. The molecule has 13 heavy (non-hydrogen) atoms. The van der Waals surface area contributed by atoms with Crippen LogP contribution in [-0.4, -0.2) is 13.1 Å². The second-order valence-electron chi connectivity index (χ2n) is 3.71. The zero-order valence-electron chi connectivity index (χ0n) is 9.04. The van der Waals surface area contributed by atoms with Crippen LogP contribution in [-0.2, 0) is 0 Å². The number of nitrogens with zero attached hydrogens (tertiary/aromatic N) is 1. The van der Waals surface area contributed by atoms with Gasteiger partial charge in [-0.3, -0.25) is 0 Å². The number of anilines is 1. The molecule has 72 valence electrons. The van der Waals surface area contributed by atoms with Gasteiger partial charge in [-0.1, -0.05) is 19.1 Å². The van der Waals surface area contributed by atoms with Crippen molar-refractivity contribution in [2.75, 3.05) is 11.9 Å². The number of rotatable bonds is 3. The van der Waals surface area contributed by atoms with Gasteiger partial charge >= 0.3 is 0 Å². The summed E-state index contributed by atoms with van der Waals surface area (Å²) in [6.45, 7) is 6.60. The van der Waals surface area contributed by atoms with Crippen LogP contribution in [0.15, 0.2) is 24.3 Å². The topological polar surface area (TPSA) is 3.24 Å². The maximum absolute atomic E-state index is 2.33. The fourth-order valence-electron chi connectivity index (χ4n) is 1.38. The van der Waals surface area contributed by atoms with Crippen molar-refractivity contribution in [1.29, 1.82) is 0 Å². The van der Waals surface area contributed by atoms with Crippen molar-refractivity contribution in [3.63, 3.8) is 0 Å². The maximum atomic E-state index is 2.33. The van der Waals surface area contributed by atoms with E-state index in [1.807, 2.05) is 0 Å². The smallest absolute Gasteiger partial charge is 0.0368 e. The first kappa shape index (κ1) is 10.1. The Bertz CT molecular complexity index is 268. The van der Waals surface area contributed by atoms with E-state index in [4.69, 9.17) is 0 Å². The van der Waals surface area contributed by atoms with E-state index in [0.29, 0.717) is 6.04 Å². The fraction of sp³-hybridized carbons (Fsp3) is 0.500. The minimum Gasteiger partial charge on any atom is -0.372 e. The molecule has 0 spiro atoms. The lowest BCUT2D eigenvalue weighted by Gasteiger charge is -2.26. The summed E-state index contributed by atoms with van der Waals surface area (Å²) < 4.78 is 0. The molecule has 1 aromatic carbocycles. The highest BCUT2D eigenvalue weighted by Crippen LogP contribution is 2.17. The van der Waals surface area contributed by atoms with Crippen LogP contribution in [0.2, 0.25) is 0 Å². The number of aryl methyl sites for hydroxylation is 1. The molecule has 0 aromatic heterocycles. The van der Waals surface area contributed by atoms with E-state index in [1.54, 1.807) is 0 Å². The molecule has 0 saturated carbocycles. The summed E-state index contributed by atoms with van der Waals surface area (Å²) in [5.74, 6) is 0. The first-order valence-corrected chi connectivity index (χ1v) is 4.94. The molecule has 0 aliphatic heterocycles. The van der Waals surface area contributed by atoms with Crippen molar-refractivity contribution >= 4 is 5.69 Å². The molecule has 0 bridgehead atoms. The van der Waals surface area contributed by atoms with Crippen LogP contribution in [0, 0.1) is 6.92 Å². The average Bonchev–Trinajstić information content (AvgIpc) is 2.15. The molecule has 1 unspecified atom stereocenters. The Balaban J connectivity index is 2.82. The normalized spacial score (nSPS) is 12.6. The van der Waals surface area contributed by atoms with Crippen LogP contribution in [0.1, 0.15) is 25.8 Å². The molecule has 0 amide bonds. The van der Waals surface area contributed by atoms with Gasteiger partial charge < -0.3 is 4.90 Å². The van der Waals surface area contributed by atoms with Gasteiger partial charge in [0.1, 0.15) is 0 Å². The van der Waals surface area contributed by atoms with Crippen LogP contribution >= 0.6 is 0 Å². The van der Waals surface area contributed by atoms with Crippen LogP contribution < -0.4 is 4.90 Å². The predicted molar refractivity (Wildman–Crippen MR) is 59.3 cm³/mol. The summed E-state index contributed by atoms with van der Waals surface area (Å²) in [6, 6.07) is 9.25. The Hall–Kier alpha value is -0.980. The summed E-state index contributed by atoms with van der Waals surface area (Å²) in [7, 11) is 2.16. The van der Waals surface area contributed by atoms with Crippen molar-refractivity contribution in [2.24, 2.45) is 0 Å². The summed E-state index contributed by atoms with van der Waals surface area (Å²) in [5, 5.41) is 0. The van der Waals surface area contributed by atoms with E-state index in [1.165, 1.54) is 17.7 Å². The number of hydrogen-bond acceptors (Lipinski definition) is 1. The first-order chi connectivity index (χ1) is 6.15. The van der Waals surface area contributed by atoms with Crippen LogP contribution in [0.5, 0.6) is 0 Å². The highest BCUT2D eigenvalue weighted by molar-refractivity contribution is 5.48. The molecule has 0 aliphatic rings. The average molecular weight is 177 g/mol. The number of benzene rings is 1. The third-order valence-corrected chi connectivity index (χ3v) is 2.66. The lowest BCUT2D eigenvalue weighted by atomic mass is 10.1. The second-order valence-corrected chi connectivity index (χ2v) is 3.71. The van der Waals surface area contributed by atoms with E-state index in [2.05, 4.69) is 57.0 Å². The van der Waals surface area contributed by atoms with Crippen LogP contribution in [0.4, 0.5) is 5.69 Å². The second kappa shape index (κ2) is 4.31. The van der Waals surface area contributed by atoms with Crippen LogP contribution in [0.25, 0.3) is 0 Å². The van der Waals surface area contributed by atoms with E-state index >= 15 is 0 Å². The van der Waals surface area contributed by atoms with Gasteiger partial charge in [-0.15, -0.1) is 0 Å². The van der Waals surface area contributed by atoms with Crippen molar-refractivity contribution in [3.8, 4) is 0 Å². The lowest BCUT2D eigenvalue weighted by molar-refractivity contribution is 0.664. The third kappa shape index (κ3) is 2.48. The fourth-order valence-corrected chi connectivity index (χ4v) is 1.38. The molecule has 1 nitrogen and oxygen atoms in total. The van der Waals surface area contributed by atoms with Crippen molar-refractivity contribution < 1.29 is 0 Å². The highest BCUT2D eigenvalue weighted by Gasteiger charge is 2.06. The number of hydrogen-bond donors (Lipinski definition) is 0. The summed E-state index contributed by atoms with van der Waals surface area (Å²) in [4.78, 5) is 2.33. The SMILES string of the molecule is CCC(C)N(C)c1cccc(C)c1. The molecule has 1 heteroatoms. The van der Waals surface area contributed by atoms with Gasteiger partial charge in [0.25, 0.3) is 0 Å². The molecule has 0 radical (unpaired) electrons. The van der Waals surface area contributed by atoms with Gasteiger partial charge in [0.2, 0.25) is 0 Å². The Morgan fingerprint density at radius 2 is 2.08 bits per heavy atom. The lowest BCUT2D eigenvalue weighted by Crippen LogP contribution is -2.27. The molecular weight excluding hydrogens is 158 g/mol. The predicted octanol–water partition coefficient (Wildman–Crippen LogP) is 3.23. The highest BCUT2D eigenvalue weighted by atomic mass is 15.1. The van der Waals surface area contributed by atoms with E-state index in [-0.39, 0.29) is 0 Å². The monoisotopic (exact) mass is 177 g/mol. The Morgan fingerprint density at radius 3 is 2.62 bits per heavy atom. The Morgan fingerprint density at radius 1 is 1.38 bits per heavy atom. The summed E-state index contributed by atoms with van der Waals surface area (Å²) in [6.07, 6.45) is 1.18. The van der Waals surface area contributed by atoms with E-state index < -0.39 is 0 Å². The van der Waals surface area contributed by atoms with Crippen molar-refractivity contribution in [3.05, 3.63) is 29.8 Å². The third-order valence-electron chi connectivity index (χ3n) is 2.66. The van der Waals surface area contributed by atoms with Gasteiger partial charge in [0.15, 0.2) is 0 Å². The Labute approximate surface area is 81.4 Å². The van der Waals surface area contributed by atoms with E-state index in [0.717, 1.165) is 0 Å². The molecule has 0 saturated heterocycles. The molecular formula is C12H19N. The zero-order valence-corrected chi connectivity index (χ0v) is 9.04. The molecule has 0 N–H and O–H groups in total. The van der Waals surface area contributed by atoms with Gasteiger partial charge in [-0.25, -0.2) is 0 Å². The van der Waals surface area contributed by atoms with Crippen molar-refractivity contribution in [2.45, 2.75) is 33.2 Å². The molecule has 0 heterocycles. The largest absolute Gasteiger partial charge is 0.372 e.